The summed E-state index contributed by atoms with van der Waals surface area (Å²) >= 11 is 0. The van der Waals surface area contributed by atoms with E-state index in [4.69, 9.17) is 15.2 Å². The lowest BCUT2D eigenvalue weighted by Gasteiger charge is -2.18. The van der Waals surface area contributed by atoms with Gasteiger partial charge < -0.3 is 25.4 Å². The molecule has 2 aliphatic rings. The minimum absolute atomic E-state index is 0.00416. The number of esters is 1. The Morgan fingerprint density at radius 3 is 2.84 bits per heavy atom. The van der Waals surface area contributed by atoms with E-state index in [1.165, 1.54) is 12.3 Å². The number of aliphatic hydroxyl groups excluding tert-OH is 2. The Morgan fingerprint density at radius 2 is 2.20 bits per heavy atom. The number of aliphatic hydroxyl groups is 2. The van der Waals surface area contributed by atoms with Crippen molar-refractivity contribution >= 4 is 17.9 Å². The highest BCUT2D eigenvalue weighted by Gasteiger charge is 2.45. The molecule has 1 aliphatic carbocycles. The normalized spacial score (nSPS) is 28.7. The van der Waals surface area contributed by atoms with Crippen LogP contribution in [0, 0.1) is 5.92 Å². The number of nitrogens with zero attached hydrogens (tertiary/aromatic N) is 2. The lowest BCUT2D eigenvalue weighted by atomic mass is 10.1. The zero-order valence-corrected chi connectivity index (χ0v) is 13.6. The highest BCUT2D eigenvalue weighted by molar-refractivity contribution is 5.70. The summed E-state index contributed by atoms with van der Waals surface area (Å²) in [6.07, 6.45) is -0.275. The summed E-state index contributed by atoms with van der Waals surface area (Å²) < 4.78 is 11.7. The molecule has 0 unspecified atom stereocenters. The first-order valence-electron chi connectivity index (χ1n) is 8.09. The van der Waals surface area contributed by atoms with Crippen LogP contribution in [0.15, 0.2) is 17.6 Å². The second kappa shape index (κ2) is 6.95. The SMILES string of the molecule is C=Cc1cn([C@@H]2O[C@H](CC(=O)OCC3CC3)[C@@H](O)[C@H]2O)c(=O)nc1N. The molecule has 0 aromatic carbocycles. The van der Waals surface area contributed by atoms with Crippen LogP contribution in [0.2, 0.25) is 0 Å². The Kier molecular flexibility index (Phi) is 4.89. The summed E-state index contributed by atoms with van der Waals surface area (Å²) in [6, 6.07) is 0. The predicted octanol–water partition coefficient (Wildman–Crippen LogP) is -0.569. The van der Waals surface area contributed by atoms with Crippen LogP contribution in [0.4, 0.5) is 5.82 Å². The molecule has 1 saturated carbocycles. The maximum Gasteiger partial charge on any atom is 0.351 e. The fraction of sp³-hybridized carbons (Fsp3) is 0.562. The molecule has 25 heavy (non-hydrogen) atoms. The molecule has 3 rings (SSSR count). The monoisotopic (exact) mass is 351 g/mol. The summed E-state index contributed by atoms with van der Waals surface area (Å²) in [4.78, 5) is 27.5. The molecule has 9 heteroatoms. The Morgan fingerprint density at radius 1 is 1.48 bits per heavy atom. The van der Waals surface area contributed by atoms with Crippen LogP contribution in [0.5, 0.6) is 0 Å². The third-order valence-electron chi connectivity index (χ3n) is 4.39. The maximum absolute atomic E-state index is 12.0. The highest BCUT2D eigenvalue weighted by Crippen LogP contribution is 2.32. The molecule has 0 amide bonds. The molecule has 136 valence electrons. The van der Waals surface area contributed by atoms with E-state index in [1.807, 2.05) is 0 Å². The minimum Gasteiger partial charge on any atom is -0.465 e. The molecule has 9 nitrogen and oxygen atoms in total. The molecule has 4 N–H and O–H groups in total. The number of nitrogen functional groups attached to an aromatic ring is 1. The first kappa shape index (κ1) is 17.6. The van der Waals surface area contributed by atoms with Gasteiger partial charge in [0.15, 0.2) is 6.23 Å². The Bertz CT molecular complexity index is 729. The van der Waals surface area contributed by atoms with E-state index < -0.39 is 36.2 Å². The van der Waals surface area contributed by atoms with Gasteiger partial charge in [0.05, 0.1) is 19.1 Å². The molecule has 1 aromatic rings. The Balaban J connectivity index is 1.72. The molecule has 2 fully saturated rings. The molecule has 4 atom stereocenters. The molecular weight excluding hydrogens is 330 g/mol. The number of carbonyl (C=O) groups excluding carboxylic acids is 1. The molecule has 0 radical (unpaired) electrons. The summed E-state index contributed by atoms with van der Waals surface area (Å²) in [7, 11) is 0. The van der Waals surface area contributed by atoms with Crippen LogP contribution in [0.25, 0.3) is 6.08 Å². The summed E-state index contributed by atoms with van der Waals surface area (Å²) in [5.74, 6) is -0.0868. The smallest absolute Gasteiger partial charge is 0.351 e. The van der Waals surface area contributed by atoms with Crippen molar-refractivity contribution in [2.75, 3.05) is 12.3 Å². The van der Waals surface area contributed by atoms with Crippen LogP contribution in [0.3, 0.4) is 0 Å². The summed E-state index contributed by atoms with van der Waals surface area (Å²) in [6.45, 7) is 3.93. The number of nitrogens with two attached hydrogens (primary N) is 1. The van der Waals surface area contributed by atoms with Crippen LogP contribution in [-0.4, -0.2) is 50.7 Å². The fourth-order valence-corrected chi connectivity index (χ4v) is 2.68. The third-order valence-corrected chi connectivity index (χ3v) is 4.39. The summed E-state index contributed by atoms with van der Waals surface area (Å²) in [5, 5.41) is 20.3. The van der Waals surface area contributed by atoms with Crippen LogP contribution in [-0.2, 0) is 14.3 Å². The zero-order valence-electron chi connectivity index (χ0n) is 13.6. The van der Waals surface area contributed by atoms with Crippen molar-refractivity contribution in [2.24, 2.45) is 5.92 Å². The van der Waals surface area contributed by atoms with Crippen molar-refractivity contribution < 1.29 is 24.5 Å². The lowest BCUT2D eigenvalue weighted by molar-refractivity contribution is -0.149. The Labute approximate surface area is 143 Å². The molecule has 2 heterocycles. The third kappa shape index (κ3) is 3.73. The van der Waals surface area contributed by atoms with Crippen molar-refractivity contribution in [3.8, 4) is 0 Å². The first-order chi connectivity index (χ1) is 11.9. The number of carbonyl (C=O) groups is 1. The number of anilines is 1. The van der Waals surface area contributed by atoms with Gasteiger partial charge in [0.25, 0.3) is 0 Å². The first-order valence-corrected chi connectivity index (χ1v) is 8.09. The highest BCUT2D eigenvalue weighted by atomic mass is 16.6. The second-order valence-electron chi connectivity index (χ2n) is 6.35. The van der Waals surface area contributed by atoms with E-state index in [1.54, 1.807) is 0 Å². The zero-order chi connectivity index (χ0) is 18.1. The lowest BCUT2D eigenvalue weighted by Crippen LogP contribution is -2.36. The quantitative estimate of drug-likeness (QED) is 0.580. The second-order valence-corrected chi connectivity index (χ2v) is 6.35. The van der Waals surface area contributed by atoms with Gasteiger partial charge in [-0.25, -0.2) is 4.79 Å². The minimum atomic E-state index is -1.40. The van der Waals surface area contributed by atoms with Gasteiger partial charge in [-0.3, -0.25) is 9.36 Å². The standard InChI is InChI=1S/C16H21N3O6/c1-2-9-6-19(16(23)18-14(9)17)15-13(22)12(21)10(25-15)5-11(20)24-7-8-3-4-8/h2,6,8,10,12-13,15,21-22H,1,3-5,7H2,(H2,17,18,23)/t10-,12-,13-,15-/m1/s1. The van der Waals surface area contributed by atoms with E-state index >= 15 is 0 Å². The van der Waals surface area contributed by atoms with Gasteiger partial charge in [-0.1, -0.05) is 12.7 Å². The summed E-state index contributed by atoms with van der Waals surface area (Å²) in [5.41, 5.74) is 5.25. The van der Waals surface area contributed by atoms with Gasteiger partial charge in [0.2, 0.25) is 0 Å². The van der Waals surface area contributed by atoms with Crippen LogP contribution in [0.1, 0.15) is 31.1 Å². The Hall–Kier alpha value is -2.23. The van der Waals surface area contributed by atoms with Gasteiger partial charge >= 0.3 is 11.7 Å². The molecule has 1 aromatic heterocycles. The van der Waals surface area contributed by atoms with E-state index in [0.29, 0.717) is 18.1 Å². The van der Waals surface area contributed by atoms with Gasteiger partial charge in [-0.15, -0.1) is 0 Å². The number of rotatable bonds is 6. The van der Waals surface area contributed by atoms with E-state index in [2.05, 4.69) is 11.6 Å². The average molecular weight is 351 g/mol. The molecule has 0 bridgehead atoms. The molecule has 1 aliphatic heterocycles. The van der Waals surface area contributed by atoms with Crippen molar-refractivity contribution in [3.63, 3.8) is 0 Å². The van der Waals surface area contributed by atoms with Crippen molar-refractivity contribution in [2.45, 2.75) is 43.8 Å². The van der Waals surface area contributed by atoms with E-state index in [9.17, 15) is 19.8 Å². The average Bonchev–Trinajstić information content (AvgIpc) is 3.36. The molecular formula is C16H21N3O6. The number of aromatic nitrogens is 2. The number of hydrogen-bond acceptors (Lipinski definition) is 8. The van der Waals surface area contributed by atoms with Crippen molar-refractivity contribution in [1.29, 1.82) is 0 Å². The van der Waals surface area contributed by atoms with Gasteiger partial charge in [0, 0.05) is 11.8 Å². The topological polar surface area (TPSA) is 137 Å². The number of ether oxygens (including phenoxy) is 2. The molecule has 1 saturated heterocycles. The maximum atomic E-state index is 12.0. The van der Waals surface area contributed by atoms with Crippen LogP contribution >= 0.6 is 0 Å². The van der Waals surface area contributed by atoms with E-state index in [-0.39, 0.29) is 12.2 Å². The van der Waals surface area contributed by atoms with Crippen molar-refractivity contribution in [1.82, 2.24) is 9.55 Å². The largest absolute Gasteiger partial charge is 0.465 e. The molecule has 0 spiro atoms. The van der Waals surface area contributed by atoms with Crippen LogP contribution < -0.4 is 11.4 Å². The predicted molar refractivity (Wildman–Crippen MR) is 87.2 cm³/mol. The van der Waals surface area contributed by atoms with Gasteiger partial charge in [-0.05, 0) is 18.8 Å². The van der Waals surface area contributed by atoms with E-state index in [0.717, 1.165) is 17.4 Å². The van der Waals surface area contributed by atoms with Gasteiger partial charge in [-0.2, -0.15) is 4.98 Å². The number of hydrogen-bond donors (Lipinski definition) is 3. The fourth-order valence-electron chi connectivity index (χ4n) is 2.68. The van der Waals surface area contributed by atoms with Crippen molar-refractivity contribution in [3.05, 3.63) is 28.8 Å². The van der Waals surface area contributed by atoms with Gasteiger partial charge in [0.1, 0.15) is 18.0 Å².